The van der Waals surface area contributed by atoms with Crippen LogP contribution in [0.1, 0.15) is 32.8 Å². The Kier molecular flexibility index (Phi) is 5.97. The standard InChI is InChI=1S/C14H24N2O2S/c1-4-16(12(2)3)19(17,18)14-9-7-13(8-10-14)6-5-11-15/h7-10,12H,4-6,11,15H2,1-3H3. The molecule has 19 heavy (non-hydrogen) atoms. The molecule has 5 heteroatoms. The second-order valence-corrected chi connectivity index (χ2v) is 6.73. The van der Waals surface area contributed by atoms with Crippen molar-refractivity contribution < 1.29 is 8.42 Å². The van der Waals surface area contributed by atoms with E-state index in [2.05, 4.69) is 0 Å². The second-order valence-electron chi connectivity index (χ2n) is 4.84. The molecule has 108 valence electrons. The van der Waals surface area contributed by atoms with Gasteiger partial charge >= 0.3 is 0 Å². The minimum atomic E-state index is -3.38. The van der Waals surface area contributed by atoms with Gasteiger partial charge in [-0.3, -0.25) is 0 Å². The Balaban J connectivity index is 2.96. The number of hydrogen-bond donors (Lipinski definition) is 1. The Hall–Kier alpha value is -0.910. The molecule has 4 nitrogen and oxygen atoms in total. The lowest BCUT2D eigenvalue weighted by molar-refractivity contribution is 0.369. The first-order valence-corrected chi connectivity index (χ1v) is 8.18. The van der Waals surface area contributed by atoms with Crippen LogP contribution in [0.25, 0.3) is 0 Å². The van der Waals surface area contributed by atoms with Gasteiger partial charge in [0, 0.05) is 12.6 Å². The van der Waals surface area contributed by atoms with Crippen LogP contribution in [0.4, 0.5) is 0 Å². The molecule has 0 aliphatic carbocycles. The highest BCUT2D eigenvalue weighted by molar-refractivity contribution is 7.89. The molecule has 0 amide bonds. The Morgan fingerprint density at radius 1 is 1.21 bits per heavy atom. The molecule has 0 heterocycles. The second kappa shape index (κ2) is 7.03. The van der Waals surface area contributed by atoms with Crippen molar-refractivity contribution in [3.8, 4) is 0 Å². The van der Waals surface area contributed by atoms with Crippen LogP contribution in [0.3, 0.4) is 0 Å². The van der Waals surface area contributed by atoms with Gasteiger partial charge in [-0.2, -0.15) is 4.31 Å². The van der Waals surface area contributed by atoms with E-state index in [0.29, 0.717) is 18.0 Å². The van der Waals surface area contributed by atoms with Crippen molar-refractivity contribution in [3.63, 3.8) is 0 Å². The van der Waals surface area contributed by atoms with E-state index in [1.165, 1.54) is 4.31 Å². The van der Waals surface area contributed by atoms with E-state index >= 15 is 0 Å². The molecule has 0 radical (unpaired) electrons. The van der Waals surface area contributed by atoms with E-state index in [1.54, 1.807) is 12.1 Å². The van der Waals surface area contributed by atoms with Crippen molar-refractivity contribution in [3.05, 3.63) is 29.8 Å². The maximum absolute atomic E-state index is 12.4. The first kappa shape index (κ1) is 16.1. The maximum Gasteiger partial charge on any atom is 0.243 e. The average Bonchev–Trinajstić information content (AvgIpc) is 2.36. The van der Waals surface area contributed by atoms with E-state index in [9.17, 15) is 8.42 Å². The summed E-state index contributed by atoms with van der Waals surface area (Å²) in [5.41, 5.74) is 6.59. The van der Waals surface area contributed by atoms with Gasteiger partial charge in [-0.15, -0.1) is 0 Å². The van der Waals surface area contributed by atoms with Gasteiger partial charge in [0.05, 0.1) is 4.90 Å². The molecule has 0 atom stereocenters. The minimum absolute atomic E-state index is 0.0353. The molecule has 0 fully saturated rings. The summed E-state index contributed by atoms with van der Waals surface area (Å²) >= 11 is 0. The largest absolute Gasteiger partial charge is 0.330 e. The van der Waals surface area contributed by atoms with Crippen LogP contribution in [0.15, 0.2) is 29.2 Å². The number of nitrogens with two attached hydrogens (primary N) is 1. The summed E-state index contributed by atoms with van der Waals surface area (Å²) in [4.78, 5) is 0.361. The number of sulfonamides is 1. The molecule has 0 bridgehead atoms. The first-order valence-electron chi connectivity index (χ1n) is 6.74. The predicted octanol–water partition coefficient (Wildman–Crippen LogP) is 2.00. The SMILES string of the molecule is CCN(C(C)C)S(=O)(=O)c1ccc(CCCN)cc1. The molecule has 0 aliphatic rings. The third kappa shape index (κ3) is 4.03. The van der Waals surface area contributed by atoms with Crippen LogP contribution in [-0.2, 0) is 16.4 Å². The minimum Gasteiger partial charge on any atom is -0.330 e. The predicted molar refractivity (Wildman–Crippen MR) is 78.5 cm³/mol. The molecular formula is C14H24N2O2S. The highest BCUT2D eigenvalue weighted by Gasteiger charge is 2.25. The molecule has 2 N–H and O–H groups in total. The van der Waals surface area contributed by atoms with E-state index in [1.807, 2.05) is 32.9 Å². The Morgan fingerprint density at radius 3 is 2.21 bits per heavy atom. The van der Waals surface area contributed by atoms with Gasteiger partial charge in [0.2, 0.25) is 10.0 Å². The zero-order valence-electron chi connectivity index (χ0n) is 12.0. The molecule has 0 unspecified atom stereocenters. The molecule has 0 aliphatic heterocycles. The highest BCUT2D eigenvalue weighted by atomic mass is 32.2. The summed E-state index contributed by atoms with van der Waals surface area (Å²) in [6, 6.07) is 7.08. The highest BCUT2D eigenvalue weighted by Crippen LogP contribution is 2.18. The summed E-state index contributed by atoms with van der Waals surface area (Å²) in [6.07, 6.45) is 1.80. The van der Waals surface area contributed by atoms with Crippen molar-refractivity contribution in [1.82, 2.24) is 4.31 Å². The third-order valence-corrected chi connectivity index (χ3v) is 5.25. The molecule has 0 saturated carbocycles. The number of benzene rings is 1. The van der Waals surface area contributed by atoms with Crippen LogP contribution < -0.4 is 5.73 Å². The normalized spacial score (nSPS) is 12.3. The van der Waals surface area contributed by atoms with Gasteiger partial charge in [0.15, 0.2) is 0 Å². The molecule has 0 aromatic heterocycles. The van der Waals surface area contributed by atoms with E-state index in [0.717, 1.165) is 18.4 Å². The first-order chi connectivity index (χ1) is 8.93. The van der Waals surface area contributed by atoms with Gasteiger partial charge in [0.25, 0.3) is 0 Å². The lowest BCUT2D eigenvalue weighted by atomic mass is 10.1. The van der Waals surface area contributed by atoms with Crippen LogP contribution in [0.5, 0.6) is 0 Å². The number of hydrogen-bond acceptors (Lipinski definition) is 3. The van der Waals surface area contributed by atoms with Crippen LogP contribution >= 0.6 is 0 Å². The smallest absolute Gasteiger partial charge is 0.243 e. The summed E-state index contributed by atoms with van der Waals surface area (Å²) in [5, 5.41) is 0. The molecule has 0 spiro atoms. The summed E-state index contributed by atoms with van der Waals surface area (Å²) in [6.45, 7) is 6.76. The van der Waals surface area contributed by atoms with Gasteiger partial charge in [-0.1, -0.05) is 19.1 Å². The monoisotopic (exact) mass is 284 g/mol. The molecule has 1 aromatic carbocycles. The fourth-order valence-electron chi connectivity index (χ4n) is 2.08. The number of nitrogens with zero attached hydrogens (tertiary/aromatic N) is 1. The Morgan fingerprint density at radius 2 is 1.79 bits per heavy atom. The van der Waals surface area contributed by atoms with Crippen molar-refractivity contribution in [2.24, 2.45) is 5.73 Å². The lowest BCUT2D eigenvalue weighted by Crippen LogP contribution is -2.36. The summed E-state index contributed by atoms with van der Waals surface area (Å²) in [5.74, 6) is 0. The van der Waals surface area contributed by atoms with Crippen molar-refractivity contribution in [2.75, 3.05) is 13.1 Å². The summed E-state index contributed by atoms with van der Waals surface area (Å²) < 4.78 is 26.4. The zero-order valence-corrected chi connectivity index (χ0v) is 12.8. The van der Waals surface area contributed by atoms with Gasteiger partial charge in [-0.05, 0) is 50.9 Å². The molecular weight excluding hydrogens is 260 g/mol. The van der Waals surface area contributed by atoms with Gasteiger partial charge in [0.1, 0.15) is 0 Å². The third-order valence-electron chi connectivity index (χ3n) is 3.09. The summed E-state index contributed by atoms with van der Waals surface area (Å²) in [7, 11) is -3.38. The topological polar surface area (TPSA) is 63.4 Å². The fraction of sp³-hybridized carbons (Fsp3) is 0.571. The van der Waals surface area contributed by atoms with Gasteiger partial charge in [-0.25, -0.2) is 8.42 Å². The van der Waals surface area contributed by atoms with Crippen LogP contribution in [0, 0.1) is 0 Å². The van der Waals surface area contributed by atoms with Gasteiger partial charge < -0.3 is 5.73 Å². The number of aryl methyl sites for hydroxylation is 1. The van der Waals surface area contributed by atoms with Crippen molar-refractivity contribution >= 4 is 10.0 Å². The van der Waals surface area contributed by atoms with Crippen LogP contribution in [-0.4, -0.2) is 31.9 Å². The molecule has 1 rings (SSSR count). The quantitative estimate of drug-likeness (QED) is 0.833. The van der Waals surface area contributed by atoms with Crippen molar-refractivity contribution in [2.45, 2.75) is 44.6 Å². The van der Waals surface area contributed by atoms with Crippen molar-refractivity contribution in [1.29, 1.82) is 0 Å². The lowest BCUT2D eigenvalue weighted by Gasteiger charge is -2.24. The Bertz CT molecular complexity index is 481. The van der Waals surface area contributed by atoms with Crippen LogP contribution in [0.2, 0.25) is 0 Å². The molecule has 0 saturated heterocycles. The zero-order chi connectivity index (χ0) is 14.5. The maximum atomic E-state index is 12.4. The number of rotatable bonds is 7. The van der Waals surface area contributed by atoms with E-state index in [4.69, 9.17) is 5.73 Å². The average molecular weight is 284 g/mol. The Labute approximate surface area is 116 Å². The fourth-order valence-corrected chi connectivity index (χ4v) is 3.73. The molecule has 1 aromatic rings. The van der Waals surface area contributed by atoms with E-state index in [-0.39, 0.29) is 6.04 Å². The van der Waals surface area contributed by atoms with E-state index < -0.39 is 10.0 Å².